The number of esters is 1. The van der Waals surface area contributed by atoms with Crippen LogP contribution in [-0.4, -0.2) is 36.9 Å². The molecule has 0 radical (unpaired) electrons. The molecular formula is C16H23N3O4S. The van der Waals surface area contributed by atoms with E-state index in [1.54, 1.807) is 21.1 Å². The fourth-order valence-corrected chi connectivity index (χ4v) is 1.92. The van der Waals surface area contributed by atoms with E-state index in [-0.39, 0.29) is 5.82 Å². The van der Waals surface area contributed by atoms with Gasteiger partial charge in [0.25, 0.3) is 5.82 Å². The first-order chi connectivity index (χ1) is 11.4. The maximum absolute atomic E-state index is 11.0. The minimum atomic E-state index is -0.561. The Kier molecular flexibility index (Phi) is 8.28. The van der Waals surface area contributed by atoms with Gasteiger partial charge >= 0.3 is 5.97 Å². The van der Waals surface area contributed by atoms with E-state index in [9.17, 15) is 4.79 Å². The lowest BCUT2D eigenvalue weighted by atomic mass is 10.1. The minimum Gasteiger partial charge on any atom is -0.497 e. The molecule has 2 aromatic rings. The minimum absolute atomic E-state index is 0.0351. The Balaban J connectivity index is 0.000000243. The molecule has 0 aliphatic heterocycles. The lowest BCUT2D eigenvalue weighted by Crippen LogP contribution is -2.08. The van der Waals surface area contributed by atoms with Crippen molar-refractivity contribution in [1.29, 1.82) is 0 Å². The average molecular weight is 353 g/mol. The maximum atomic E-state index is 11.0. The second-order valence-electron chi connectivity index (χ2n) is 4.87. The van der Waals surface area contributed by atoms with Crippen LogP contribution in [0.5, 0.6) is 5.75 Å². The molecule has 0 aliphatic carbocycles. The number of nitrogens with zero attached hydrogens (tertiary/aromatic N) is 2. The van der Waals surface area contributed by atoms with E-state index in [4.69, 9.17) is 9.26 Å². The Labute approximate surface area is 147 Å². The van der Waals surface area contributed by atoms with Gasteiger partial charge in [-0.05, 0) is 56.2 Å². The van der Waals surface area contributed by atoms with Crippen molar-refractivity contribution < 1.29 is 18.8 Å². The molecule has 0 saturated carbocycles. The van der Waals surface area contributed by atoms with Gasteiger partial charge in [-0.25, -0.2) is 4.79 Å². The Morgan fingerprint density at radius 3 is 2.46 bits per heavy atom. The normalized spacial score (nSPS) is 9.92. The van der Waals surface area contributed by atoms with Gasteiger partial charge in [-0.15, -0.1) is 12.6 Å². The number of methoxy groups -OCH3 is 1. The Hall–Kier alpha value is -2.06. The second kappa shape index (κ2) is 9.94. The third-order valence-corrected chi connectivity index (χ3v) is 3.66. The predicted molar refractivity (Wildman–Crippen MR) is 92.7 cm³/mol. The predicted octanol–water partition coefficient (Wildman–Crippen LogP) is 2.57. The van der Waals surface area contributed by atoms with Crippen LogP contribution in [0, 0.1) is 13.8 Å². The smallest absolute Gasteiger partial charge is 0.379 e. The molecule has 1 N–H and O–H groups in total. The van der Waals surface area contributed by atoms with Gasteiger partial charge in [0.15, 0.2) is 0 Å². The van der Waals surface area contributed by atoms with Crippen molar-refractivity contribution in [3.05, 3.63) is 35.0 Å². The molecule has 24 heavy (non-hydrogen) atoms. The molecule has 0 unspecified atom stereocenters. The summed E-state index contributed by atoms with van der Waals surface area (Å²) in [4.78, 5) is 15.9. The molecule has 1 heterocycles. The van der Waals surface area contributed by atoms with Crippen molar-refractivity contribution >= 4 is 18.6 Å². The number of carbonyl (C=O) groups excluding carboxylic acids is 1. The van der Waals surface area contributed by atoms with Crippen LogP contribution in [0.2, 0.25) is 0 Å². The van der Waals surface area contributed by atoms with E-state index in [2.05, 4.69) is 32.8 Å². The standard InChI is InChI=1S/C9H12OS.C7H11N3O3/c1-6-4-8(10-3)5-7(2)9(6)11;1-3-12-7(11)6-9-5(4-8-2)13-10-6/h4-5,11H,1-3H3;8H,3-4H2,1-2H3. The number of benzene rings is 1. The number of rotatable bonds is 5. The van der Waals surface area contributed by atoms with E-state index < -0.39 is 5.97 Å². The lowest BCUT2D eigenvalue weighted by molar-refractivity contribution is 0.0508. The molecule has 0 fully saturated rings. The molecule has 1 aromatic carbocycles. The van der Waals surface area contributed by atoms with Gasteiger partial charge in [-0.3, -0.25) is 0 Å². The fourth-order valence-electron chi connectivity index (χ4n) is 1.79. The fraction of sp³-hybridized carbons (Fsp3) is 0.438. The van der Waals surface area contributed by atoms with Crippen molar-refractivity contribution in [2.45, 2.75) is 32.2 Å². The molecule has 8 heteroatoms. The number of aromatic nitrogens is 2. The van der Waals surface area contributed by atoms with Crippen molar-refractivity contribution in [1.82, 2.24) is 15.5 Å². The zero-order valence-electron chi connectivity index (χ0n) is 14.5. The van der Waals surface area contributed by atoms with Crippen LogP contribution < -0.4 is 10.1 Å². The highest BCUT2D eigenvalue weighted by Crippen LogP contribution is 2.23. The Morgan fingerprint density at radius 1 is 1.33 bits per heavy atom. The van der Waals surface area contributed by atoms with Crippen LogP contribution in [0.1, 0.15) is 34.6 Å². The summed E-state index contributed by atoms with van der Waals surface area (Å²) in [6, 6.07) is 3.96. The molecule has 2 rings (SSSR count). The van der Waals surface area contributed by atoms with E-state index in [1.165, 1.54) is 0 Å². The summed E-state index contributed by atoms with van der Waals surface area (Å²) in [7, 11) is 3.42. The van der Waals surface area contributed by atoms with Crippen LogP contribution in [-0.2, 0) is 11.3 Å². The van der Waals surface area contributed by atoms with Crippen molar-refractivity contribution in [2.24, 2.45) is 0 Å². The summed E-state index contributed by atoms with van der Waals surface area (Å²) >= 11 is 4.34. The molecule has 0 atom stereocenters. The van der Waals surface area contributed by atoms with Crippen molar-refractivity contribution in [3.8, 4) is 5.75 Å². The zero-order chi connectivity index (χ0) is 18.1. The number of hydrogen-bond acceptors (Lipinski definition) is 8. The SMILES string of the molecule is CCOC(=O)c1noc(CNC)n1.COc1cc(C)c(S)c(C)c1. The van der Waals surface area contributed by atoms with Gasteiger partial charge in [0.1, 0.15) is 5.75 Å². The third-order valence-electron chi connectivity index (χ3n) is 2.95. The van der Waals surface area contributed by atoms with Gasteiger partial charge < -0.3 is 19.3 Å². The lowest BCUT2D eigenvalue weighted by Gasteiger charge is -2.06. The molecule has 132 valence electrons. The highest BCUT2D eigenvalue weighted by molar-refractivity contribution is 7.80. The largest absolute Gasteiger partial charge is 0.497 e. The van der Waals surface area contributed by atoms with Gasteiger partial charge in [-0.2, -0.15) is 4.98 Å². The summed E-state index contributed by atoms with van der Waals surface area (Å²) in [5.74, 6) is 0.670. The second-order valence-corrected chi connectivity index (χ2v) is 5.32. The highest BCUT2D eigenvalue weighted by atomic mass is 32.1. The third kappa shape index (κ3) is 5.86. The molecule has 0 bridgehead atoms. The summed E-state index contributed by atoms with van der Waals surface area (Å²) in [6.45, 7) is 6.50. The monoisotopic (exact) mass is 353 g/mol. The summed E-state index contributed by atoms with van der Waals surface area (Å²) in [5.41, 5.74) is 2.32. The quantitative estimate of drug-likeness (QED) is 0.631. The summed E-state index contributed by atoms with van der Waals surface area (Å²) < 4.78 is 14.5. The van der Waals surface area contributed by atoms with Crippen LogP contribution in [0.25, 0.3) is 0 Å². The zero-order valence-corrected chi connectivity index (χ0v) is 15.4. The van der Waals surface area contributed by atoms with Gasteiger partial charge in [-0.1, -0.05) is 0 Å². The van der Waals surface area contributed by atoms with Crippen LogP contribution >= 0.6 is 12.6 Å². The molecule has 0 aliphatic rings. The number of hydrogen-bond donors (Lipinski definition) is 2. The van der Waals surface area contributed by atoms with Crippen LogP contribution in [0.3, 0.4) is 0 Å². The topological polar surface area (TPSA) is 86.5 Å². The van der Waals surface area contributed by atoms with Gasteiger partial charge in [0.05, 0.1) is 20.3 Å². The molecule has 0 amide bonds. The van der Waals surface area contributed by atoms with Gasteiger partial charge in [0.2, 0.25) is 5.89 Å². The van der Waals surface area contributed by atoms with E-state index >= 15 is 0 Å². The molecule has 7 nitrogen and oxygen atoms in total. The molecule has 1 aromatic heterocycles. The number of carbonyl (C=O) groups is 1. The maximum Gasteiger partial charge on any atom is 0.379 e. The molecule has 0 spiro atoms. The number of ether oxygens (including phenoxy) is 2. The van der Waals surface area contributed by atoms with Gasteiger partial charge in [0, 0.05) is 4.90 Å². The molecule has 0 saturated heterocycles. The number of aryl methyl sites for hydroxylation is 2. The average Bonchev–Trinajstić information content (AvgIpc) is 3.02. The summed E-state index contributed by atoms with van der Waals surface area (Å²) in [5, 5.41) is 6.27. The van der Waals surface area contributed by atoms with E-state index in [1.807, 2.05) is 26.0 Å². The first-order valence-electron chi connectivity index (χ1n) is 7.41. The first kappa shape index (κ1) is 20.0. The molecular weight excluding hydrogens is 330 g/mol. The van der Waals surface area contributed by atoms with Crippen molar-refractivity contribution in [2.75, 3.05) is 20.8 Å². The highest BCUT2D eigenvalue weighted by Gasteiger charge is 2.14. The Bertz CT molecular complexity index is 650. The van der Waals surface area contributed by atoms with Crippen LogP contribution in [0.15, 0.2) is 21.6 Å². The number of thiol groups is 1. The summed E-state index contributed by atoms with van der Waals surface area (Å²) in [6.07, 6.45) is 0. The van der Waals surface area contributed by atoms with Crippen LogP contribution in [0.4, 0.5) is 0 Å². The van der Waals surface area contributed by atoms with E-state index in [0.717, 1.165) is 21.8 Å². The Morgan fingerprint density at radius 2 is 1.96 bits per heavy atom. The van der Waals surface area contributed by atoms with E-state index in [0.29, 0.717) is 19.0 Å². The first-order valence-corrected chi connectivity index (χ1v) is 7.86. The number of nitrogens with one attached hydrogen (secondary N) is 1. The van der Waals surface area contributed by atoms with Crippen molar-refractivity contribution in [3.63, 3.8) is 0 Å².